The molecule has 0 saturated heterocycles. The zero-order chi connectivity index (χ0) is 17.6. The Hall–Kier alpha value is -2.56. The number of hydrogen-bond donors (Lipinski definition) is 1. The number of carboxylic acids is 1. The van der Waals surface area contributed by atoms with Crippen molar-refractivity contribution in [2.24, 2.45) is 5.92 Å². The molecule has 0 bridgehead atoms. The van der Waals surface area contributed by atoms with Gasteiger partial charge in [-0.3, -0.25) is 0 Å². The molecule has 2 aromatic rings. The summed E-state index contributed by atoms with van der Waals surface area (Å²) in [7, 11) is 1.42. The molecule has 3 rings (SSSR count). The maximum atomic E-state index is 11.2. The van der Waals surface area contributed by atoms with E-state index in [4.69, 9.17) is 9.47 Å². The molecule has 1 saturated carbocycles. The molecule has 1 aromatic carbocycles. The zero-order valence-corrected chi connectivity index (χ0v) is 14.4. The summed E-state index contributed by atoms with van der Waals surface area (Å²) in [6.07, 6.45) is 6.34. The van der Waals surface area contributed by atoms with Crippen LogP contribution in [0, 0.1) is 5.92 Å². The van der Waals surface area contributed by atoms with Crippen molar-refractivity contribution in [1.29, 1.82) is 0 Å². The Morgan fingerprint density at radius 1 is 1.16 bits per heavy atom. The van der Waals surface area contributed by atoms with Gasteiger partial charge in [0.2, 0.25) is 5.88 Å². The molecule has 25 heavy (non-hydrogen) atoms. The number of benzene rings is 1. The predicted octanol–water partition coefficient (Wildman–Crippen LogP) is 4.41. The van der Waals surface area contributed by atoms with Crippen LogP contribution in [0.4, 0.5) is 0 Å². The van der Waals surface area contributed by atoms with Crippen LogP contribution in [0.15, 0.2) is 36.4 Å². The van der Waals surface area contributed by atoms with E-state index < -0.39 is 5.97 Å². The number of carboxylic acid groups (broad SMARTS) is 1. The van der Waals surface area contributed by atoms with E-state index in [0.717, 1.165) is 11.3 Å². The lowest BCUT2D eigenvalue weighted by atomic mass is 9.90. The first-order chi connectivity index (χ1) is 12.2. The van der Waals surface area contributed by atoms with E-state index in [1.165, 1.54) is 45.3 Å². The first-order valence-electron chi connectivity index (χ1n) is 8.69. The number of para-hydroxylation sites is 1. The smallest absolute Gasteiger partial charge is 0.341 e. The van der Waals surface area contributed by atoms with Gasteiger partial charge in [-0.25, -0.2) is 9.78 Å². The molecule has 1 aromatic heterocycles. The lowest BCUT2D eigenvalue weighted by Gasteiger charge is -2.22. The van der Waals surface area contributed by atoms with Crippen LogP contribution < -0.4 is 9.47 Å². The maximum absolute atomic E-state index is 11.2. The summed E-state index contributed by atoms with van der Waals surface area (Å²) < 4.78 is 11.2. The lowest BCUT2D eigenvalue weighted by molar-refractivity contribution is 0.0692. The van der Waals surface area contributed by atoms with Crippen molar-refractivity contribution in [1.82, 2.24) is 4.98 Å². The number of pyridine rings is 1. The Morgan fingerprint density at radius 3 is 2.64 bits per heavy atom. The minimum Gasteiger partial charge on any atom is -0.493 e. The Balaban J connectivity index is 1.83. The molecule has 5 heteroatoms. The quantitative estimate of drug-likeness (QED) is 0.842. The minimum atomic E-state index is -1.06. The predicted molar refractivity (Wildman–Crippen MR) is 95.3 cm³/mol. The van der Waals surface area contributed by atoms with E-state index in [1.807, 2.05) is 24.3 Å². The van der Waals surface area contributed by atoms with Crippen molar-refractivity contribution in [3.05, 3.63) is 42.0 Å². The Bertz CT molecular complexity index is 738. The highest BCUT2D eigenvalue weighted by molar-refractivity contribution is 5.90. The van der Waals surface area contributed by atoms with E-state index in [2.05, 4.69) is 4.98 Å². The number of methoxy groups -OCH3 is 1. The molecule has 1 aliphatic carbocycles. The number of ether oxygens (including phenoxy) is 2. The van der Waals surface area contributed by atoms with E-state index in [9.17, 15) is 9.90 Å². The van der Waals surface area contributed by atoms with Gasteiger partial charge in [0.15, 0.2) is 0 Å². The van der Waals surface area contributed by atoms with Crippen molar-refractivity contribution < 1.29 is 19.4 Å². The van der Waals surface area contributed by atoms with Gasteiger partial charge in [0, 0.05) is 5.56 Å². The third kappa shape index (κ3) is 4.10. The van der Waals surface area contributed by atoms with E-state index in [1.54, 1.807) is 6.07 Å². The van der Waals surface area contributed by atoms with Gasteiger partial charge >= 0.3 is 5.97 Å². The number of aromatic nitrogens is 1. The van der Waals surface area contributed by atoms with Crippen LogP contribution in [-0.4, -0.2) is 29.8 Å². The highest BCUT2D eigenvalue weighted by Gasteiger charge is 2.17. The van der Waals surface area contributed by atoms with Crippen LogP contribution >= 0.6 is 0 Å². The number of aromatic carboxylic acids is 1. The zero-order valence-electron chi connectivity index (χ0n) is 14.4. The number of nitrogens with zero attached hydrogens (tertiary/aromatic N) is 1. The fourth-order valence-electron chi connectivity index (χ4n) is 3.27. The normalized spacial score (nSPS) is 14.9. The van der Waals surface area contributed by atoms with Gasteiger partial charge in [-0.15, -0.1) is 0 Å². The number of hydrogen-bond acceptors (Lipinski definition) is 4. The van der Waals surface area contributed by atoms with Crippen molar-refractivity contribution in [2.75, 3.05) is 13.7 Å². The molecule has 0 aliphatic heterocycles. The molecular weight excluding hydrogens is 318 g/mol. The van der Waals surface area contributed by atoms with Gasteiger partial charge in [-0.1, -0.05) is 31.4 Å². The van der Waals surface area contributed by atoms with Gasteiger partial charge in [0.05, 0.1) is 19.4 Å². The Kier molecular flexibility index (Phi) is 5.53. The standard InChI is InChI=1S/C20H23NO4/c1-24-19-16(20(22)23)11-12-17(21-19)15-9-5-6-10-18(15)25-13-14-7-3-2-4-8-14/h5-6,9-12,14H,2-4,7-8,13H2,1H3,(H,22,23). The van der Waals surface area contributed by atoms with Crippen LogP contribution in [0.5, 0.6) is 11.6 Å². The SMILES string of the molecule is COc1nc(-c2ccccc2OCC2CCCCC2)ccc1C(=O)O. The third-order valence-corrected chi connectivity index (χ3v) is 4.65. The molecule has 0 unspecified atom stereocenters. The molecule has 0 radical (unpaired) electrons. The van der Waals surface area contributed by atoms with Gasteiger partial charge in [0.25, 0.3) is 0 Å². The summed E-state index contributed by atoms with van der Waals surface area (Å²) in [5.74, 6) is 0.425. The van der Waals surface area contributed by atoms with Crippen molar-refractivity contribution >= 4 is 5.97 Å². The summed E-state index contributed by atoms with van der Waals surface area (Å²) in [4.78, 5) is 15.6. The van der Waals surface area contributed by atoms with Crippen LogP contribution in [0.3, 0.4) is 0 Å². The van der Waals surface area contributed by atoms with E-state index in [0.29, 0.717) is 18.2 Å². The molecule has 0 atom stereocenters. The summed E-state index contributed by atoms with van der Waals surface area (Å²) in [5, 5.41) is 9.20. The molecule has 1 heterocycles. The van der Waals surface area contributed by atoms with Crippen LogP contribution in [0.1, 0.15) is 42.5 Å². The molecule has 1 fully saturated rings. The lowest BCUT2D eigenvalue weighted by Crippen LogP contribution is -2.15. The third-order valence-electron chi connectivity index (χ3n) is 4.65. The first-order valence-corrected chi connectivity index (χ1v) is 8.69. The number of carbonyl (C=O) groups is 1. The van der Waals surface area contributed by atoms with Gasteiger partial charge in [-0.2, -0.15) is 0 Å². The average Bonchev–Trinajstić information content (AvgIpc) is 2.66. The fraction of sp³-hybridized carbons (Fsp3) is 0.400. The summed E-state index contributed by atoms with van der Waals surface area (Å²) in [5.41, 5.74) is 1.53. The Labute approximate surface area is 147 Å². The summed E-state index contributed by atoms with van der Waals surface area (Å²) in [6.45, 7) is 0.710. The van der Waals surface area contributed by atoms with Crippen LogP contribution in [0.25, 0.3) is 11.3 Å². The van der Waals surface area contributed by atoms with Crippen molar-refractivity contribution in [2.45, 2.75) is 32.1 Å². The molecular formula is C20H23NO4. The number of rotatable bonds is 6. The second-order valence-electron chi connectivity index (χ2n) is 6.37. The van der Waals surface area contributed by atoms with Gasteiger partial charge in [0.1, 0.15) is 11.3 Å². The monoisotopic (exact) mass is 341 g/mol. The second kappa shape index (κ2) is 8.01. The van der Waals surface area contributed by atoms with E-state index >= 15 is 0 Å². The topological polar surface area (TPSA) is 68.7 Å². The largest absolute Gasteiger partial charge is 0.493 e. The summed E-state index contributed by atoms with van der Waals surface area (Å²) >= 11 is 0. The van der Waals surface area contributed by atoms with Gasteiger partial charge in [-0.05, 0) is 43.0 Å². The minimum absolute atomic E-state index is 0.0480. The highest BCUT2D eigenvalue weighted by atomic mass is 16.5. The average molecular weight is 341 g/mol. The van der Waals surface area contributed by atoms with Crippen molar-refractivity contribution in [3.63, 3.8) is 0 Å². The molecule has 5 nitrogen and oxygen atoms in total. The van der Waals surface area contributed by atoms with Crippen molar-refractivity contribution in [3.8, 4) is 22.9 Å². The second-order valence-corrected chi connectivity index (χ2v) is 6.37. The first kappa shape index (κ1) is 17.3. The fourth-order valence-corrected chi connectivity index (χ4v) is 3.27. The Morgan fingerprint density at radius 2 is 1.92 bits per heavy atom. The molecule has 1 N–H and O–H groups in total. The molecule has 0 spiro atoms. The van der Waals surface area contributed by atoms with Crippen LogP contribution in [-0.2, 0) is 0 Å². The maximum Gasteiger partial charge on any atom is 0.341 e. The summed E-state index contributed by atoms with van der Waals surface area (Å²) in [6, 6.07) is 10.9. The van der Waals surface area contributed by atoms with Gasteiger partial charge < -0.3 is 14.6 Å². The molecule has 0 amide bonds. The van der Waals surface area contributed by atoms with E-state index in [-0.39, 0.29) is 11.4 Å². The molecule has 1 aliphatic rings. The van der Waals surface area contributed by atoms with Crippen LogP contribution in [0.2, 0.25) is 0 Å². The highest BCUT2D eigenvalue weighted by Crippen LogP contribution is 2.32. The molecule has 132 valence electrons.